The lowest BCUT2D eigenvalue weighted by atomic mass is 9.84. The first-order chi connectivity index (χ1) is 7.65. The van der Waals surface area contributed by atoms with Crippen molar-refractivity contribution >= 4 is 12.0 Å². The molecule has 5 nitrogen and oxygen atoms in total. The summed E-state index contributed by atoms with van der Waals surface area (Å²) in [4.78, 5) is 22.3. The summed E-state index contributed by atoms with van der Waals surface area (Å²) in [7, 11) is 0. The van der Waals surface area contributed by atoms with Gasteiger partial charge in [0.2, 0.25) is 0 Å². The third-order valence-corrected chi connectivity index (χ3v) is 2.81. The molecule has 3 N–H and O–H groups in total. The van der Waals surface area contributed by atoms with Crippen LogP contribution < -0.4 is 10.6 Å². The Hall–Kier alpha value is -1.52. The molecule has 2 atom stereocenters. The quantitative estimate of drug-likeness (QED) is 0.628. The molecule has 0 spiro atoms. The summed E-state index contributed by atoms with van der Waals surface area (Å²) in [5, 5.41) is 14.3. The largest absolute Gasteiger partial charge is 0.481 e. The van der Waals surface area contributed by atoms with E-state index in [-0.39, 0.29) is 12.1 Å². The number of hydrogen-bond acceptors (Lipinski definition) is 2. The average Bonchev–Trinajstić information content (AvgIpc) is 2.27. The van der Waals surface area contributed by atoms with Gasteiger partial charge in [-0.15, -0.1) is 6.58 Å². The molecule has 0 saturated heterocycles. The van der Waals surface area contributed by atoms with Crippen LogP contribution in [0.25, 0.3) is 0 Å². The number of amides is 2. The van der Waals surface area contributed by atoms with Crippen LogP contribution in [-0.2, 0) is 4.79 Å². The Morgan fingerprint density at radius 1 is 1.38 bits per heavy atom. The monoisotopic (exact) mass is 226 g/mol. The number of carboxylic acid groups (broad SMARTS) is 1. The summed E-state index contributed by atoms with van der Waals surface area (Å²) in [6.45, 7) is 3.87. The number of nitrogens with one attached hydrogen (secondary N) is 2. The van der Waals surface area contributed by atoms with Gasteiger partial charge in [0.25, 0.3) is 0 Å². The van der Waals surface area contributed by atoms with Crippen molar-refractivity contribution in [3.05, 3.63) is 12.7 Å². The van der Waals surface area contributed by atoms with Gasteiger partial charge in [0, 0.05) is 12.6 Å². The molecule has 5 heteroatoms. The van der Waals surface area contributed by atoms with Gasteiger partial charge < -0.3 is 15.7 Å². The van der Waals surface area contributed by atoms with Gasteiger partial charge in [-0.25, -0.2) is 4.79 Å². The Morgan fingerprint density at radius 3 is 2.69 bits per heavy atom. The van der Waals surface area contributed by atoms with E-state index < -0.39 is 11.9 Å². The molecule has 0 aromatic rings. The van der Waals surface area contributed by atoms with Crippen molar-refractivity contribution in [2.45, 2.75) is 31.7 Å². The van der Waals surface area contributed by atoms with E-state index in [1.165, 1.54) is 0 Å². The van der Waals surface area contributed by atoms with E-state index in [9.17, 15) is 9.59 Å². The Labute approximate surface area is 94.9 Å². The van der Waals surface area contributed by atoms with E-state index in [2.05, 4.69) is 17.2 Å². The molecule has 16 heavy (non-hydrogen) atoms. The zero-order chi connectivity index (χ0) is 12.0. The van der Waals surface area contributed by atoms with Crippen LogP contribution in [0.15, 0.2) is 12.7 Å². The third kappa shape index (κ3) is 3.56. The topological polar surface area (TPSA) is 78.4 Å². The molecular formula is C11H18N2O3. The molecule has 2 amide bonds. The highest BCUT2D eigenvalue weighted by Gasteiger charge is 2.31. The van der Waals surface area contributed by atoms with Crippen molar-refractivity contribution in [3.63, 3.8) is 0 Å². The number of aliphatic carboxylic acids is 1. The Bertz CT molecular complexity index is 278. The first kappa shape index (κ1) is 12.5. The fourth-order valence-electron chi connectivity index (χ4n) is 1.98. The normalized spacial score (nSPS) is 24.5. The van der Waals surface area contributed by atoms with Gasteiger partial charge in [0.1, 0.15) is 0 Å². The van der Waals surface area contributed by atoms with E-state index in [0.717, 1.165) is 19.3 Å². The molecular weight excluding hydrogens is 208 g/mol. The minimum atomic E-state index is -0.825. The van der Waals surface area contributed by atoms with Gasteiger partial charge in [-0.3, -0.25) is 4.79 Å². The second-order valence-electron chi connectivity index (χ2n) is 3.98. The molecule has 1 saturated carbocycles. The molecule has 0 heterocycles. The molecule has 2 unspecified atom stereocenters. The van der Waals surface area contributed by atoms with Gasteiger partial charge in [0.15, 0.2) is 0 Å². The molecule has 0 bridgehead atoms. The van der Waals surface area contributed by atoms with Gasteiger partial charge in [-0.2, -0.15) is 0 Å². The number of hydrogen-bond donors (Lipinski definition) is 3. The van der Waals surface area contributed by atoms with E-state index >= 15 is 0 Å². The molecule has 1 aliphatic carbocycles. The Kier molecular flexibility index (Phi) is 4.82. The molecule has 0 aromatic heterocycles. The number of urea groups is 1. The molecule has 1 rings (SSSR count). The van der Waals surface area contributed by atoms with Crippen molar-refractivity contribution in [1.29, 1.82) is 0 Å². The fraction of sp³-hybridized carbons (Fsp3) is 0.636. The van der Waals surface area contributed by atoms with Crippen LogP contribution in [0.2, 0.25) is 0 Å². The summed E-state index contributed by atoms with van der Waals surface area (Å²) < 4.78 is 0. The smallest absolute Gasteiger partial charge is 0.315 e. The highest BCUT2D eigenvalue weighted by atomic mass is 16.4. The summed E-state index contributed by atoms with van der Waals surface area (Å²) in [5.41, 5.74) is 0. The zero-order valence-electron chi connectivity index (χ0n) is 9.24. The van der Waals surface area contributed by atoms with E-state index in [1.807, 2.05) is 0 Å². The standard InChI is InChI=1S/C11H18N2O3/c1-2-7-12-11(16)13-9-6-4-3-5-8(9)10(14)15/h2,8-9H,1,3-7H2,(H,14,15)(H2,12,13,16). The molecule has 90 valence electrons. The predicted molar refractivity (Wildman–Crippen MR) is 60.1 cm³/mol. The van der Waals surface area contributed by atoms with Crippen LogP contribution in [0, 0.1) is 5.92 Å². The molecule has 1 fully saturated rings. The lowest BCUT2D eigenvalue weighted by Crippen LogP contribution is -2.48. The average molecular weight is 226 g/mol. The minimum Gasteiger partial charge on any atom is -0.481 e. The Balaban J connectivity index is 2.46. The van der Waals surface area contributed by atoms with E-state index in [0.29, 0.717) is 13.0 Å². The zero-order valence-corrected chi connectivity index (χ0v) is 9.24. The second kappa shape index (κ2) is 6.15. The summed E-state index contributed by atoms with van der Waals surface area (Å²) in [6, 6.07) is -0.575. The second-order valence-corrected chi connectivity index (χ2v) is 3.98. The maximum Gasteiger partial charge on any atom is 0.315 e. The lowest BCUT2D eigenvalue weighted by Gasteiger charge is -2.29. The molecule has 0 aromatic carbocycles. The van der Waals surface area contributed by atoms with Crippen molar-refractivity contribution in [2.75, 3.05) is 6.54 Å². The van der Waals surface area contributed by atoms with Crippen LogP contribution in [0.5, 0.6) is 0 Å². The van der Waals surface area contributed by atoms with E-state index in [1.54, 1.807) is 6.08 Å². The molecule has 0 aliphatic heterocycles. The first-order valence-corrected chi connectivity index (χ1v) is 5.53. The van der Waals surface area contributed by atoms with Gasteiger partial charge >= 0.3 is 12.0 Å². The van der Waals surface area contributed by atoms with Crippen molar-refractivity contribution in [2.24, 2.45) is 5.92 Å². The number of carbonyl (C=O) groups is 2. The summed E-state index contributed by atoms with van der Waals surface area (Å²) >= 11 is 0. The van der Waals surface area contributed by atoms with Crippen molar-refractivity contribution in [1.82, 2.24) is 10.6 Å². The summed E-state index contributed by atoms with van der Waals surface area (Å²) in [5.74, 6) is -1.28. The van der Waals surface area contributed by atoms with Crippen molar-refractivity contribution in [3.8, 4) is 0 Å². The molecule has 1 aliphatic rings. The first-order valence-electron chi connectivity index (χ1n) is 5.53. The summed E-state index contributed by atoms with van der Waals surface area (Å²) in [6.07, 6.45) is 4.84. The van der Waals surface area contributed by atoms with Gasteiger partial charge in [-0.1, -0.05) is 18.9 Å². The van der Waals surface area contributed by atoms with Crippen LogP contribution >= 0.6 is 0 Å². The fourth-order valence-corrected chi connectivity index (χ4v) is 1.98. The number of rotatable bonds is 4. The van der Waals surface area contributed by atoms with Crippen LogP contribution in [0.1, 0.15) is 25.7 Å². The molecule has 0 radical (unpaired) electrons. The van der Waals surface area contributed by atoms with Crippen LogP contribution in [0.4, 0.5) is 4.79 Å². The van der Waals surface area contributed by atoms with Crippen LogP contribution in [0.3, 0.4) is 0 Å². The Morgan fingerprint density at radius 2 is 2.06 bits per heavy atom. The highest BCUT2D eigenvalue weighted by molar-refractivity contribution is 5.76. The maximum absolute atomic E-state index is 11.4. The predicted octanol–water partition coefficient (Wildman–Crippen LogP) is 1.11. The van der Waals surface area contributed by atoms with Crippen LogP contribution in [-0.4, -0.2) is 29.7 Å². The highest BCUT2D eigenvalue weighted by Crippen LogP contribution is 2.24. The number of carboxylic acids is 1. The van der Waals surface area contributed by atoms with Gasteiger partial charge in [-0.05, 0) is 12.8 Å². The van der Waals surface area contributed by atoms with E-state index in [4.69, 9.17) is 5.11 Å². The maximum atomic E-state index is 11.4. The number of carbonyl (C=O) groups excluding carboxylic acids is 1. The third-order valence-electron chi connectivity index (χ3n) is 2.81. The lowest BCUT2D eigenvalue weighted by molar-refractivity contribution is -0.143. The van der Waals surface area contributed by atoms with Crippen molar-refractivity contribution < 1.29 is 14.7 Å². The minimum absolute atomic E-state index is 0.254. The van der Waals surface area contributed by atoms with Gasteiger partial charge in [0.05, 0.1) is 5.92 Å². The SMILES string of the molecule is C=CCNC(=O)NC1CCCCC1C(=O)O.